The molecule has 0 aromatic carbocycles. The predicted octanol–water partition coefficient (Wildman–Crippen LogP) is 0.0558. The fraction of sp³-hybridized carbons (Fsp3) is 0.200. The molecular formula is C5H8N4O2. The van der Waals surface area contributed by atoms with Gasteiger partial charge in [0.05, 0.1) is 0 Å². The zero-order valence-corrected chi connectivity index (χ0v) is 5.92. The molecule has 5 N–H and O–H groups in total. The second kappa shape index (κ2) is 2.49. The summed E-state index contributed by atoms with van der Waals surface area (Å²) < 4.78 is 4.55. The van der Waals surface area contributed by atoms with E-state index < -0.39 is 6.03 Å². The molecular weight excluding hydrogens is 148 g/mol. The van der Waals surface area contributed by atoms with Crippen LogP contribution in [0.25, 0.3) is 0 Å². The van der Waals surface area contributed by atoms with Gasteiger partial charge in [0, 0.05) is 0 Å². The summed E-state index contributed by atoms with van der Waals surface area (Å²) in [6.45, 7) is 1.64. The molecule has 0 atom stereocenters. The van der Waals surface area contributed by atoms with Gasteiger partial charge in [-0.1, -0.05) is 5.16 Å². The number of aromatic nitrogens is 1. The normalized spacial score (nSPS) is 9.55. The van der Waals surface area contributed by atoms with Gasteiger partial charge in [-0.2, -0.15) is 0 Å². The summed E-state index contributed by atoms with van der Waals surface area (Å²) in [5.74, 6) is 0.0568. The van der Waals surface area contributed by atoms with E-state index in [4.69, 9.17) is 11.5 Å². The first-order valence-electron chi connectivity index (χ1n) is 2.89. The Morgan fingerprint density at radius 2 is 2.36 bits per heavy atom. The highest BCUT2D eigenvalue weighted by atomic mass is 16.5. The van der Waals surface area contributed by atoms with Crippen LogP contribution >= 0.6 is 0 Å². The molecule has 6 heteroatoms. The van der Waals surface area contributed by atoms with Crippen molar-refractivity contribution < 1.29 is 9.32 Å². The van der Waals surface area contributed by atoms with Crippen molar-refractivity contribution in [3.05, 3.63) is 5.69 Å². The van der Waals surface area contributed by atoms with Crippen LogP contribution in [0.2, 0.25) is 0 Å². The van der Waals surface area contributed by atoms with E-state index in [0.29, 0.717) is 11.4 Å². The summed E-state index contributed by atoms with van der Waals surface area (Å²) in [6.07, 6.45) is 0. The number of hydrogen-bond donors (Lipinski definition) is 3. The maximum atomic E-state index is 10.4. The fourth-order valence-electron chi connectivity index (χ4n) is 0.662. The minimum atomic E-state index is -0.692. The third-order valence-corrected chi connectivity index (χ3v) is 1.14. The SMILES string of the molecule is Cc1noc(N)c1NC(N)=O. The smallest absolute Gasteiger partial charge is 0.316 e. The van der Waals surface area contributed by atoms with Crippen LogP contribution in [0.3, 0.4) is 0 Å². The first kappa shape index (κ1) is 7.39. The van der Waals surface area contributed by atoms with E-state index in [9.17, 15) is 4.79 Å². The van der Waals surface area contributed by atoms with Crippen molar-refractivity contribution in [2.24, 2.45) is 5.73 Å². The quantitative estimate of drug-likeness (QED) is 0.534. The average Bonchev–Trinajstić information content (AvgIpc) is 2.18. The summed E-state index contributed by atoms with van der Waals surface area (Å²) in [6, 6.07) is -0.692. The van der Waals surface area contributed by atoms with Gasteiger partial charge in [0.15, 0.2) is 0 Å². The Morgan fingerprint density at radius 3 is 2.73 bits per heavy atom. The van der Waals surface area contributed by atoms with Crippen molar-refractivity contribution in [3.8, 4) is 0 Å². The molecule has 0 unspecified atom stereocenters. The molecule has 0 aliphatic carbocycles. The highest BCUT2D eigenvalue weighted by Gasteiger charge is 2.10. The predicted molar refractivity (Wildman–Crippen MR) is 38.9 cm³/mol. The van der Waals surface area contributed by atoms with Crippen molar-refractivity contribution in [2.75, 3.05) is 11.1 Å². The lowest BCUT2D eigenvalue weighted by Gasteiger charge is -1.96. The van der Waals surface area contributed by atoms with Crippen LogP contribution in [0.15, 0.2) is 4.52 Å². The molecule has 1 aromatic rings. The Bertz CT molecular complexity index is 261. The molecule has 2 amide bonds. The third-order valence-electron chi connectivity index (χ3n) is 1.14. The summed E-state index contributed by atoms with van der Waals surface area (Å²) in [7, 11) is 0. The van der Waals surface area contributed by atoms with Crippen LogP contribution in [-0.2, 0) is 0 Å². The van der Waals surface area contributed by atoms with Crippen LogP contribution in [0.5, 0.6) is 0 Å². The molecule has 0 fully saturated rings. The Hall–Kier alpha value is -1.72. The van der Waals surface area contributed by atoms with Crippen LogP contribution in [0.4, 0.5) is 16.4 Å². The Morgan fingerprint density at radius 1 is 1.73 bits per heavy atom. The van der Waals surface area contributed by atoms with Crippen molar-refractivity contribution in [3.63, 3.8) is 0 Å². The summed E-state index contributed by atoms with van der Waals surface area (Å²) in [5, 5.41) is 5.78. The van der Waals surface area contributed by atoms with Gasteiger partial charge >= 0.3 is 6.03 Å². The molecule has 0 saturated heterocycles. The van der Waals surface area contributed by atoms with Crippen molar-refractivity contribution >= 4 is 17.6 Å². The van der Waals surface area contributed by atoms with Crippen LogP contribution in [0.1, 0.15) is 5.69 Å². The number of nitrogens with zero attached hydrogens (tertiary/aromatic N) is 1. The fourth-order valence-corrected chi connectivity index (χ4v) is 0.662. The maximum Gasteiger partial charge on any atom is 0.316 e. The molecule has 11 heavy (non-hydrogen) atoms. The lowest BCUT2D eigenvalue weighted by molar-refractivity contribution is 0.259. The molecule has 0 aliphatic rings. The zero-order chi connectivity index (χ0) is 8.43. The number of amides is 2. The minimum absolute atomic E-state index is 0.0568. The molecule has 60 valence electrons. The number of rotatable bonds is 1. The minimum Gasteiger partial charge on any atom is -0.366 e. The van der Waals surface area contributed by atoms with Gasteiger partial charge < -0.3 is 21.3 Å². The number of hydrogen-bond acceptors (Lipinski definition) is 4. The van der Waals surface area contributed by atoms with Gasteiger partial charge in [-0.25, -0.2) is 4.79 Å². The Kier molecular flexibility index (Phi) is 1.67. The number of anilines is 2. The average molecular weight is 156 g/mol. The molecule has 0 saturated carbocycles. The molecule has 1 aromatic heterocycles. The van der Waals surface area contributed by atoms with E-state index in [1.54, 1.807) is 6.92 Å². The second-order valence-electron chi connectivity index (χ2n) is 2.00. The number of nitrogens with one attached hydrogen (secondary N) is 1. The van der Waals surface area contributed by atoms with Gasteiger partial charge in [0.2, 0.25) is 5.88 Å². The molecule has 0 radical (unpaired) electrons. The molecule has 1 rings (SSSR count). The van der Waals surface area contributed by atoms with E-state index in [0.717, 1.165) is 0 Å². The highest BCUT2D eigenvalue weighted by Crippen LogP contribution is 2.21. The Labute approximate surface area is 62.5 Å². The largest absolute Gasteiger partial charge is 0.366 e. The number of urea groups is 1. The summed E-state index contributed by atoms with van der Waals surface area (Å²) in [5.41, 5.74) is 11.0. The number of nitrogens with two attached hydrogens (primary N) is 2. The van der Waals surface area contributed by atoms with Gasteiger partial charge in [0.1, 0.15) is 11.4 Å². The standard InChI is InChI=1S/C5H8N4O2/c1-2-3(8-5(7)10)4(6)11-9-2/h6H2,1H3,(H3,7,8,10). The first-order valence-corrected chi connectivity index (χ1v) is 2.89. The molecule has 0 aliphatic heterocycles. The monoisotopic (exact) mass is 156 g/mol. The lowest BCUT2D eigenvalue weighted by atomic mass is 10.4. The number of carbonyl (C=O) groups excluding carboxylic acids is 1. The van der Waals surface area contributed by atoms with Gasteiger partial charge in [-0.3, -0.25) is 0 Å². The molecule has 6 nitrogen and oxygen atoms in total. The zero-order valence-electron chi connectivity index (χ0n) is 5.92. The van der Waals surface area contributed by atoms with Crippen LogP contribution < -0.4 is 16.8 Å². The van der Waals surface area contributed by atoms with Crippen molar-refractivity contribution in [1.29, 1.82) is 0 Å². The lowest BCUT2D eigenvalue weighted by Crippen LogP contribution is -2.20. The summed E-state index contributed by atoms with van der Waals surface area (Å²) in [4.78, 5) is 10.4. The first-order chi connectivity index (χ1) is 5.11. The van der Waals surface area contributed by atoms with Crippen LogP contribution in [0, 0.1) is 6.92 Å². The van der Waals surface area contributed by atoms with Gasteiger partial charge in [0.25, 0.3) is 0 Å². The van der Waals surface area contributed by atoms with Crippen molar-refractivity contribution in [1.82, 2.24) is 5.16 Å². The van der Waals surface area contributed by atoms with E-state index in [1.807, 2.05) is 0 Å². The van der Waals surface area contributed by atoms with E-state index in [1.165, 1.54) is 0 Å². The van der Waals surface area contributed by atoms with E-state index in [2.05, 4.69) is 15.0 Å². The Balaban J connectivity index is 2.92. The number of nitrogen functional groups attached to an aromatic ring is 1. The van der Waals surface area contributed by atoms with Gasteiger partial charge in [-0.05, 0) is 6.92 Å². The number of primary amides is 1. The summed E-state index contributed by atoms with van der Waals surface area (Å²) >= 11 is 0. The molecule has 1 heterocycles. The van der Waals surface area contributed by atoms with E-state index in [-0.39, 0.29) is 5.88 Å². The number of aryl methyl sites for hydroxylation is 1. The second-order valence-corrected chi connectivity index (χ2v) is 2.00. The highest BCUT2D eigenvalue weighted by molar-refractivity contribution is 5.91. The third kappa shape index (κ3) is 1.40. The maximum absolute atomic E-state index is 10.4. The topological polar surface area (TPSA) is 107 Å². The van der Waals surface area contributed by atoms with E-state index >= 15 is 0 Å². The van der Waals surface area contributed by atoms with Gasteiger partial charge in [-0.15, -0.1) is 0 Å². The van der Waals surface area contributed by atoms with Crippen LogP contribution in [-0.4, -0.2) is 11.2 Å². The van der Waals surface area contributed by atoms with Crippen molar-refractivity contribution in [2.45, 2.75) is 6.92 Å². The molecule has 0 bridgehead atoms. The number of carbonyl (C=O) groups is 1. The molecule has 0 spiro atoms.